The highest BCUT2D eigenvalue weighted by Gasteiger charge is 2.07. The van der Waals surface area contributed by atoms with E-state index in [4.69, 9.17) is 0 Å². The molecule has 1 aromatic heterocycles. The summed E-state index contributed by atoms with van der Waals surface area (Å²) in [4.78, 5) is 6.31. The molecule has 1 aromatic carbocycles. The van der Waals surface area contributed by atoms with Crippen LogP contribution in [-0.4, -0.2) is 12.0 Å². The van der Waals surface area contributed by atoms with Crippen molar-refractivity contribution >= 4 is 21.6 Å². The lowest BCUT2D eigenvalue weighted by Crippen LogP contribution is -2.17. The highest BCUT2D eigenvalue weighted by atomic mass is 79.9. The number of aromatic nitrogens is 1. The van der Waals surface area contributed by atoms with Crippen molar-refractivity contribution in [3.8, 4) is 0 Å². The average Bonchev–Trinajstić information content (AvgIpc) is 2.39. The summed E-state index contributed by atoms with van der Waals surface area (Å²) in [6, 6.07) is 10.7. The second kappa shape index (κ2) is 6.01. The lowest BCUT2D eigenvalue weighted by atomic mass is 10.1. The number of hydrogen-bond donors (Lipinski definition) is 0. The molecule has 0 aliphatic heterocycles. The van der Waals surface area contributed by atoms with Crippen molar-refractivity contribution in [2.75, 3.05) is 11.9 Å². The van der Waals surface area contributed by atoms with Gasteiger partial charge in [0.25, 0.3) is 0 Å². The van der Waals surface area contributed by atoms with Gasteiger partial charge < -0.3 is 4.90 Å². The Bertz CT molecular complexity index is 511. The Morgan fingerprint density at radius 1 is 1.17 bits per heavy atom. The van der Waals surface area contributed by atoms with Gasteiger partial charge in [0.05, 0.1) is 0 Å². The van der Waals surface area contributed by atoms with Crippen LogP contribution in [0.15, 0.2) is 42.7 Å². The average molecular weight is 305 g/mol. The van der Waals surface area contributed by atoms with Gasteiger partial charge in [0.1, 0.15) is 0 Å². The van der Waals surface area contributed by atoms with Gasteiger partial charge in [0, 0.05) is 37.0 Å². The lowest BCUT2D eigenvalue weighted by Gasteiger charge is -2.22. The molecule has 0 N–H and O–H groups in total. The molecule has 0 radical (unpaired) electrons. The molecule has 18 heavy (non-hydrogen) atoms. The van der Waals surface area contributed by atoms with Crippen molar-refractivity contribution in [2.45, 2.75) is 18.8 Å². The second-order valence-corrected chi connectivity index (χ2v) is 5.04. The number of aryl methyl sites for hydroxylation is 1. The van der Waals surface area contributed by atoms with E-state index in [2.05, 4.69) is 70.1 Å². The van der Waals surface area contributed by atoms with E-state index in [1.165, 1.54) is 22.4 Å². The second-order valence-electron chi connectivity index (χ2n) is 4.48. The fraction of sp³-hybridized carbons (Fsp3) is 0.267. The summed E-state index contributed by atoms with van der Waals surface area (Å²) in [6.07, 6.45) is 3.67. The number of nitrogens with zero attached hydrogens (tertiary/aromatic N) is 2. The number of halogens is 1. The Balaban J connectivity index is 2.21. The molecule has 0 saturated carbocycles. The third kappa shape index (κ3) is 3.10. The fourth-order valence-electron chi connectivity index (χ4n) is 2.04. The van der Waals surface area contributed by atoms with Crippen molar-refractivity contribution in [2.24, 2.45) is 0 Å². The number of pyridine rings is 1. The van der Waals surface area contributed by atoms with Gasteiger partial charge in [0.15, 0.2) is 0 Å². The van der Waals surface area contributed by atoms with Gasteiger partial charge in [-0.05, 0) is 36.2 Å². The molecule has 94 valence electrons. The quantitative estimate of drug-likeness (QED) is 0.796. The van der Waals surface area contributed by atoms with Crippen molar-refractivity contribution in [1.29, 1.82) is 0 Å². The fourth-order valence-corrected chi connectivity index (χ4v) is 2.49. The Hall–Kier alpha value is -1.35. The van der Waals surface area contributed by atoms with E-state index >= 15 is 0 Å². The molecule has 0 unspecified atom stereocenters. The van der Waals surface area contributed by atoms with Crippen molar-refractivity contribution < 1.29 is 0 Å². The topological polar surface area (TPSA) is 16.1 Å². The Morgan fingerprint density at radius 2 is 1.89 bits per heavy atom. The van der Waals surface area contributed by atoms with Gasteiger partial charge in [-0.3, -0.25) is 4.98 Å². The molecule has 0 aliphatic carbocycles. The highest BCUT2D eigenvalue weighted by Crippen LogP contribution is 2.24. The molecule has 0 saturated heterocycles. The van der Waals surface area contributed by atoms with E-state index in [0.717, 1.165) is 11.9 Å². The zero-order chi connectivity index (χ0) is 13.0. The number of anilines is 1. The lowest BCUT2D eigenvalue weighted by molar-refractivity contribution is 0.913. The van der Waals surface area contributed by atoms with E-state index in [1.807, 2.05) is 12.4 Å². The minimum Gasteiger partial charge on any atom is -0.370 e. The first-order chi connectivity index (χ1) is 8.70. The SMILES string of the molecule is Cc1ccc(N(C)Cc2ccncc2)c(CBr)c1. The Morgan fingerprint density at radius 3 is 2.56 bits per heavy atom. The van der Waals surface area contributed by atoms with Gasteiger partial charge in [0.2, 0.25) is 0 Å². The summed E-state index contributed by atoms with van der Waals surface area (Å²) in [5, 5.41) is 0.880. The number of alkyl halides is 1. The summed E-state index contributed by atoms with van der Waals surface area (Å²) in [7, 11) is 2.12. The molecule has 0 spiro atoms. The van der Waals surface area contributed by atoms with Gasteiger partial charge in [-0.2, -0.15) is 0 Å². The summed E-state index contributed by atoms with van der Waals surface area (Å²) in [5.41, 5.74) is 5.17. The predicted molar refractivity (Wildman–Crippen MR) is 80.2 cm³/mol. The van der Waals surface area contributed by atoms with Crippen LogP contribution < -0.4 is 4.90 Å². The van der Waals surface area contributed by atoms with Crippen molar-refractivity contribution in [1.82, 2.24) is 4.98 Å². The molecular formula is C15H17BrN2. The minimum absolute atomic E-state index is 0.880. The van der Waals surface area contributed by atoms with Crippen LogP contribution in [0.2, 0.25) is 0 Å². The highest BCUT2D eigenvalue weighted by molar-refractivity contribution is 9.08. The molecule has 0 atom stereocenters. The largest absolute Gasteiger partial charge is 0.370 e. The van der Waals surface area contributed by atoms with Crippen molar-refractivity contribution in [3.63, 3.8) is 0 Å². The number of hydrogen-bond acceptors (Lipinski definition) is 2. The molecule has 0 bridgehead atoms. The zero-order valence-electron chi connectivity index (χ0n) is 10.7. The van der Waals surface area contributed by atoms with Crippen LogP contribution >= 0.6 is 15.9 Å². The molecule has 3 heteroatoms. The first-order valence-electron chi connectivity index (χ1n) is 5.96. The van der Waals surface area contributed by atoms with E-state index in [-0.39, 0.29) is 0 Å². The molecule has 1 heterocycles. The summed E-state index contributed by atoms with van der Waals surface area (Å²) in [5.74, 6) is 0. The Labute approximate surface area is 117 Å². The van der Waals surface area contributed by atoms with Crippen LogP contribution in [0.25, 0.3) is 0 Å². The Kier molecular flexibility index (Phi) is 4.37. The molecule has 0 aliphatic rings. The maximum Gasteiger partial charge on any atom is 0.0427 e. The molecule has 0 amide bonds. The first kappa shape index (κ1) is 13.1. The van der Waals surface area contributed by atoms with Gasteiger partial charge >= 0.3 is 0 Å². The summed E-state index contributed by atoms with van der Waals surface area (Å²) >= 11 is 3.56. The monoisotopic (exact) mass is 304 g/mol. The number of rotatable bonds is 4. The molecule has 2 rings (SSSR count). The first-order valence-corrected chi connectivity index (χ1v) is 7.08. The molecular weight excluding hydrogens is 288 g/mol. The van der Waals surface area contributed by atoms with Crippen LogP contribution in [0, 0.1) is 6.92 Å². The van der Waals surface area contributed by atoms with E-state index in [1.54, 1.807) is 0 Å². The summed E-state index contributed by atoms with van der Waals surface area (Å²) < 4.78 is 0. The smallest absolute Gasteiger partial charge is 0.0427 e. The van der Waals surface area contributed by atoms with Gasteiger partial charge in [-0.1, -0.05) is 33.6 Å². The van der Waals surface area contributed by atoms with E-state index in [0.29, 0.717) is 0 Å². The standard InChI is InChI=1S/C15H17BrN2/c1-12-3-4-15(14(9-12)10-16)18(2)11-13-5-7-17-8-6-13/h3-9H,10-11H2,1-2H3. The van der Waals surface area contributed by atoms with E-state index in [9.17, 15) is 0 Å². The molecule has 2 nitrogen and oxygen atoms in total. The van der Waals surface area contributed by atoms with Crippen LogP contribution in [0.3, 0.4) is 0 Å². The predicted octanol–water partition coefficient (Wildman–Crippen LogP) is 3.92. The van der Waals surface area contributed by atoms with Gasteiger partial charge in [-0.15, -0.1) is 0 Å². The number of benzene rings is 1. The maximum atomic E-state index is 4.04. The molecule has 0 fully saturated rings. The van der Waals surface area contributed by atoms with Crippen LogP contribution in [0.1, 0.15) is 16.7 Å². The van der Waals surface area contributed by atoms with E-state index < -0.39 is 0 Å². The van der Waals surface area contributed by atoms with Gasteiger partial charge in [-0.25, -0.2) is 0 Å². The van der Waals surface area contributed by atoms with Crippen LogP contribution in [0.5, 0.6) is 0 Å². The third-order valence-corrected chi connectivity index (χ3v) is 3.56. The zero-order valence-corrected chi connectivity index (χ0v) is 12.3. The van der Waals surface area contributed by atoms with Crippen LogP contribution in [-0.2, 0) is 11.9 Å². The molecule has 2 aromatic rings. The van der Waals surface area contributed by atoms with Crippen LogP contribution in [0.4, 0.5) is 5.69 Å². The maximum absolute atomic E-state index is 4.04. The minimum atomic E-state index is 0.880. The van der Waals surface area contributed by atoms with Crippen molar-refractivity contribution in [3.05, 3.63) is 59.4 Å². The summed E-state index contributed by atoms with van der Waals surface area (Å²) in [6.45, 7) is 3.02. The normalized spacial score (nSPS) is 10.4. The third-order valence-electron chi connectivity index (χ3n) is 2.96.